The summed E-state index contributed by atoms with van der Waals surface area (Å²) in [4.78, 5) is 24.7. The Kier molecular flexibility index (Phi) is 5.60. The molecule has 0 bridgehead atoms. The van der Waals surface area contributed by atoms with E-state index in [1.165, 1.54) is 24.4 Å². The van der Waals surface area contributed by atoms with Crippen molar-refractivity contribution in [1.29, 1.82) is 0 Å². The highest BCUT2D eigenvalue weighted by Crippen LogP contribution is 2.30. The number of hydrogen-bond donors (Lipinski definition) is 3. The van der Waals surface area contributed by atoms with E-state index in [-0.39, 0.29) is 17.0 Å². The normalized spacial score (nSPS) is 14.8. The first-order valence-electron chi connectivity index (χ1n) is 9.54. The maximum absolute atomic E-state index is 14.2. The number of imide groups is 1. The number of nitrogens with one attached hydrogen (secondary N) is 2. The predicted molar refractivity (Wildman–Crippen MR) is 117 cm³/mol. The van der Waals surface area contributed by atoms with Crippen molar-refractivity contribution in [3.63, 3.8) is 0 Å². The van der Waals surface area contributed by atoms with Gasteiger partial charge in [-0.05, 0) is 41.5 Å². The summed E-state index contributed by atoms with van der Waals surface area (Å²) in [6, 6.07) is 17.0. The Morgan fingerprint density at radius 1 is 0.906 bits per heavy atom. The van der Waals surface area contributed by atoms with Crippen LogP contribution in [0.1, 0.15) is 21.5 Å². The highest BCUT2D eigenvalue weighted by atomic mass is 32.2. The quantitative estimate of drug-likeness (QED) is 0.407. The fraction of sp³-hybridized carbons (Fsp3) is 0.0435. The Labute approximate surface area is 183 Å². The molecule has 3 aromatic rings. The first-order valence-corrected chi connectivity index (χ1v) is 11.1. The molecular weight excluding hydrogens is 433 g/mol. The van der Waals surface area contributed by atoms with E-state index >= 15 is 0 Å². The number of fused-ring (bicyclic) bond motifs is 1. The fourth-order valence-corrected chi connectivity index (χ4v) is 3.91. The number of hydrogen-bond acceptors (Lipinski definition) is 5. The van der Waals surface area contributed by atoms with Gasteiger partial charge in [-0.2, -0.15) is 0 Å². The van der Waals surface area contributed by atoms with E-state index in [1.54, 1.807) is 48.5 Å². The number of benzene rings is 3. The SMILES string of the molecule is NS(=O)(=O)c1ccc(CNC=C2C(=O)NC(=O)c3ccc(-c4ccccc4F)cc32)cc1. The molecule has 1 heterocycles. The second-order valence-electron chi connectivity index (χ2n) is 7.15. The topological polar surface area (TPSA) is 118 Å². The minimum atomic E-state index is -3.78. The predicted octanol–water partition coefficient (Wildman–Crippen LogP) is 2.54. The molecule has 0 aliphatic carbocycles. The molecule has 2 amide bonds. The van der Waals surface area contributed by atoms with Gasteiger partial charge in [-0.25, -0.2) is 17.9 Å². The van der Waals surface area contributed by atoms with Gasteiger partial charge in [-0.1, -0.05) is 36.4 Å². The summed E-state index contributed by atoms with van der Waals surface area (Å²) in [6.45, 7) is 0.290. The number of carbonyl (C=O) groups is 2. The molecule has 0 fully saturated rings. The second kappa shape index (κ2) is 8.37. The molecule has 7 nitrogen and oxygen atoms in total. The van der Waals surface area contributed by atoms with Gasteiger partial charge in [0.25, 0.3) is 11.8 Å². The lowest BCUT2D eigenvalue weighted by Crippen LogP contribution is -2.37. The molecule has 1 aliphatic heterocycles. The smallest absolute Gasteiger partial charge is 0.260 e. The van der Waals surface area contributed by atoms with Crippen molar-refractivity contribution in [1.82, 2.24) is 10.6 Å². The zero-order valence-corrected chi connectivity index (χ0v) is 17.4. The molecule has 162 valence electrons. The van der Waals surface area contributed by atoms with Crippen LogP contribution < -0.4 is 15.8 Å². The van der Waals surface area contributed by atoms with Gasteiger partial charge in [0.1, 0.15) is 5.82 Å². The molecule has 9 heteroatoms. The Balaban J connectivity index is 1.63. The van der Waals surface area contributed by atoms with Gasteiger partial charge < -0.3 is 5.32 Å². The van der Waals surface area contributed by atoms with E-state index in [4.69, 9.17) is 5.14 Å². The lowest BCUT2D eigenvalue weighted by atomic mass is 9.91. The minimum Gasteiger partial charge on any atom is -0.386 e. The number of nitrogens with two attached hydrogens (primary N) is 1. The second-order valence-corrected chi connectivity index (χ2v) is 8.71. The average molecular weight is 451 g/mol. The molecule has 0 radical (unpaired) electrons. The van der Waals surface area contributed by atoms with E-state index in [0.29, 0.717) is 22.3 Å². The summed E-state index contributed by atoms with van der Waals surface area (Å²) in [6.07, 6.45) is 1.47. The molecule has 0 unspecified atom stereocenters. The largest absolute Gasteiger partial charge is 0.386 e. The lowest BCUT2D eigenvalue weighted by Gasteiger charge is -2.19. The third-order valence-corrected chi connectivity index (χ3v) is 5.94. The van der Waals surface area contributed by atoms with E-state index in [0.717, 1.165) is 5.56 Å². The van der Waals surface area contributed by atoms with Crippen LogP contribution in [0.15, 0.2) is 77.8 Å². The fourth-order valence-electron chi connectivity index (χ4n) is 3.40. The van der Waals surface area contributed by atoms with Crippen molar-refractivity contribution >= 4 is 27.4 Å². The third kappa shape index (κ3) is 4.29. The summed E-state index contributed by atoms with van der Waals surface area (Å²) in [7, 11) is -3.78. The van der Waals surface area contributed by atoms with Crippen LogP contribution in [0.25, 0.3) is 16.7 Å². The van der Waals surface area contributed by atoms with Gasteiger partial charge in [-0.3, -0.25) is 14.9 Å². The molecular formula is C23H18FN3O4S. The molecule has 1 aliphatic rings. The van der Waals surface area contributed by atoms with Crippen LogP contribution in [-0.2, 0) is 21.4 Å². The van der Waals surface area contributed by atoms with Crippen molar-refractivity contribution in [2.24, 2.45) is 5.14 Å². The summed E-state index contributed by atoms with van der Waals surface area (Å²) in [5.74, 6) is -1.52. The molecule has 0 saturated heterocycles. The Hall–Kier alpha value is -3.82. The first-order chi connectivity index (χ1) is 15.2. The molecule has 0 aromatic heterocycles. The minimum absolute atomic E-state index is 0.000578. The van der Waals surface area contributed by atoms with Gasteiger partial charge in [-0.15, -0.1) is 0 Å². The number of rotatable bonds is 5. The maximum atomic E-state index is 14.2. The number of primary sulfonamides is 1. The highest BCUT2D eigenvalue weighted by Gasteiger charge is 2.27. The van der Waals surface area contributed by atoms with Crippen molar-refractivity contribution in [2.75, 3.05) is 0 Å². The highest BCUT2D eigenvalue weighted by molar-refractivity contribution is 7.89. The van der Waals surface area contributed by atoms with Crippen LogP contribution in [0.4, 0.5) is 4.39 Å². The maximum Gasteiger partial charge on any atom is 0.260 e. The van der Waals surface area contributed by atoms with Crippen molar-refractivity contribution in [3.8, 4) is 11.1 Å². The van der Waals surface area contributed by atoms with Crippen LogP contribution in [0.5, 0.6) is 0 Å². The Morgan fingerprint density at radius 2 is 1.62 bits per heavy atom. The van der Waals surface area contributed by atoms with Crippen molar-refractivity contribution < 1.29 is 22.4 Å². The van der Waals surface area contributed by atoms with Crippen LogP contribution in [0, 0.1) is 5.82 Å². The summed E-state index contributed by atoms with van der Waals surface area (Å²) in [5.41, 5.74) is 2.55. The molecule has 3 aromatic carbocycles. The zero-order valence-electron chi connectivity index (χ0n) is 16.6. The van der Waals surface area contributed by atoms with E-state index in [1.807, 2.05) is 0 Å². The van der Waals surface area contributed by atoms with Crippen LogP contribution >= 0.6 is 0 Å². The summed E-state index contributed by atoms with van der Waals surface area (Å²) in [5, 5.41) is 10.4. The van der Waals surface area contributed by atoms with Crippen molar-refractivity contribution in [3.05, 3.63) is 95.4 Å². The van der Waals surface area contributed by atoms with E-state index in [9.17, 15) is 22.4 Å². The van der Waals surface area contributed by atoms with Gasteiger partial charge in [0, 0.05) is 29.4 Å². The van der Waals surface area contributed by atoms with Gasteiger partial charge in [0.2, 0.25) is 10.0 Å². The monoisotopic (exact) mass is 451 g/mol. The van der Waals surface area contributed by atoms with E-state index < -0.39 is 27.7 Å². The van der Waals surface area contributed by atoms with Gasteiger partial charge in [0.05, 0.1) is 10.5 Å². The van der Waals surface area contributed by atoms with Crippen molar-refractivity contribution in [2.45, 2.75) is 11.4 Å². The molecule has 0 atom stereocenters. The van der Waals surface area contributed by atoms with Gasteiger partial charge in [0.15, 0.2) is 0 Å². The third-order valence-electron chi connectivity index (χ3n) is 5.02. The lowest BCUT2D eigenvalue weighted by molar-refractivity contribution is -0.114. The molecule has 4 N–H and O–H groups in total. The van der Waals surface area contributed by atoms with Crippen LogP contribution in [-0.4, -0.2) is 20.2 Å². The zero-order chi connectivity index (χ0) is 22.9. The Bertz CT molecular complexity index is 1370. The molecule has 4 rings (SSSR count). The van der Waals surface area contributed by atoms with Crippen LogP contribution in [0.2, 0.25) is 0 Å². The number of carbonyl (C=O) groups excluding carboxylic acids is 2. The average Bonchev–Trinajstić information content (AvgIpc) is 2.75. The van der Waals surface area contributed by atoms with Crippen LogP contribution in [0.3, 0.4) is 0 Å². The number of sulfonamides is 1. The number of halogens is 1. The Morgan fingerprint density at radius 3 is 2.31 bits per heavy atom. The molecule has 0 saturated carbocycles. The molecule has 32 heavy (non-hydrogen) atoms. The van der Waals surface area contributed by atoms with Gasteiger partial charge >= 0.3 is 0 Å². The van der Waals surface area contributed by atoms with E-state index in [2.05, 4.69) is 10.6 Å². The molecule has 0 spiro atoms. The summed E-state index contributed by atoms with van der Waals surface area (Å²) >= 11 is 0. The number of amides is 2. The summed E-state index contributed by atoms with van der Waals surface area (Å²) < 4.78 is 36.9. The standard InChI is InChI=1S/C23H18FN3O4S/c24-21-4-2-1-3-17(21)15-7-10-18-19(11-15)20(23(29)27-22(18)28)13-26-12-14-5-8-16(9-6-14)32(25,30)31/h1-11,13,26H,12H2,(H2,25,30,31)(H,27,28,29). The first kappa shape index (κ1) is 21.4.